The molecule has 0 aliphatic rings. The van der Waals surface area contributed by atoms with E-state index in [0.717, 1.165) is 6.33 Å². The molecule has 0 aliphatic heterocycles. The fraction of sp³-hybridized carbons (Fsp3) is 0.500. The summed E-state index contributed by atoms with van der Waals surface area (Å²) < 4.78 is 36.4. The average Bonchev–Trinajstić information content (AvgIpc) is 2.34. The SMILES string of the molecule is NCCc1cncn1C(F)(F)F. The first-order chi connectivity index (χ1) is 5.55. The van der Waals surface area contributed by atoms with Crippen molar-refractivity contribution < 1.29 is 13.2 Å². The maximum absolute atomic E-state index is 12.1. The number of nitrogens with two attached hydrogens (primary N) is 1. The lowest BCUT2D eigenvalue weighted by Gasteiger charge is -2.09. The van der Waals surface area contributed by atoms with Gasteiger partial charge < -0.3 is 5.73 Å². The Morgan fingerprint density at radius 2 is 2.17 bits per heavy atom. The number of hydrogen-bond donors (Lipinski definition) is 1. The highest BCUT2D eigenvalue weighted by atomic mass is 19.4. The van der Waals surface area contributed by atoms with Crippen molar-refractivity contribution in [3.05, 3.63) is 18.2 Å². The zero-order valence-corrected chi connectivity index (χ0v) is 6.17. The maximum atomic E-state index is 12.1. The summed E-state index contributed by atoms with van der Waals surface area (Å²) in [6, 6.07) is 0. The first-order valence-corrected chi connectivity index (χ1v) is 3.34. The predicted molar refractivity (Wildman–Crippen MR) is 36.3 cm³/mol. The van der Waals surface area contributed by atoms with Gasteiger partial charge in [-0.1, -0.05) is 0 Å². The Kier molecular flexibility index (Phi) is 2.37. The van der Waals surface area contributed by atoms with E-state index in [9.17, 15) is 13.2 Å². The third kappa shape index (κ3) is 1.76. The van der Waals surface area contributed by atoms with E-state index >= 15 is 0 Å². The second-order valence-corrected chi connectivity index (χ2v) is 2.26. The van der Waals surface area contributed by atoms with E-state index in [4.69, 9.17) is 5.73 Å². The van der Waals surface area contributed by atoms with Crippen molar-refractivity contribution >= 4 is 0 Å². The molecule has 0 fully saturated rings. The normalized spacial score (nSPS) is 12.0. The van der Waals surface area contributed by atoms with Crippen molar-refractivity contribution in [2.75, 3.05) is 6.54 Å². The van der Waals surface area contributed by atoms with E-state index < -0.39 is 6.30 Å². The Morgan fingerprint density at radius 3 is 2.67 bits per heavy atom. The van der Waals surface area contributed by atoms with Crippen LogP contribution in [0.3, 0.4) is 0 Å². The smallest absolute Gasteiger partial charge is 0.330 e. The standard InChI is InChI=1S/C6H8F3N3/c7-6(8,9)12-4-11-3-5(12)1-2-10/h3-4H,1-2,10H2. The summed E-state index contributed by atoms with van der Waals surface area (Å²) in [6.07, 6.45) is -2.30. The van der Waals surface area contributed by atoms with Gasteiger partial charge in [-0.2, -0.15) is 0 Å². The van der Waals surface area contributed by atoms with Crippen LogP contribution in [0.15, 0.2) is 12.5 Å². The van der Waals surface area contributed by atoms with Crippen molar-refractivity contribution in [2.45, 2.75) is 12.7 Å². The highest BCUT2D eigenvalue weighted by Gasteiger charge is 2.32. The van der Waals surface area contributed by atoms with Crippen LogP contribution in [0, 0.1) is 0 Å². The minimum Gasteiger partial charge on any atom is -0.330 e. The van der Waals surface area contributed by atoms with Crippen LogP contribution in [0.1, 0.15) is 5.69 Å². The van der Waals surface area contributed by atoms with Crippen LogP contribution in [0.2, 0.25) is 0 Å². The van der Waals surface area contributed by atoms with Crippen LogP contribution in [0.4, 0.5) is 13.2 Å². The Balaban J connectivity index is 2.91. The van der Waals surface area contributed by atoms with Crippen LogP contribution in [-0.4, -0.2) is 16.1 Å². The lowest BCUT2D eigenvalue weighted by molar-refractivity contribution is -0.205. The molecule has 0 radical (unpaired) electrons. The van der Waals surface area contributed by atoms with Crippen molar-refractivity contribution in [3.63, 3.8) is 0 Å². The minimum atomic E-state index is -4.39. The average molecular weight is 179 g/mol. The molecule has 0 bridgehead atoms. The molecule has 2 N–H and O–H groups in total. The molecule has 1 aromatic rings. The summed E-state index contributed by atoms with van der Waals surface area (Å²) in [6.45, 7) is 0.182. The van der Waals surface area contributed by atoms with E-state index in [0.29, 0.717) is 0 Å². The Hall–Kier alpha value is -1.04. The predicted octanol–water partition coefficient (Wildman–Crippen LogP) is 0.861. The number of hydrogen-bond acceptors (Lipinski definition) is 2. The van der Waals surface area contributed by atoms with Gasteiger partial charge in [0.2, 0.25) is 0 Å². The molecule has 0 atom stereocenters. The molecule has 1 rings (SSSR count). The largest absolute Gasteiger partial charge is 0.489 e. The highest BCUT2D eigenvalue weighted by molar-refractivity contribution is 4.99. The number of nitrogens with zero attached hydrogens (tertiary/aromatic N) is 2. The quantitative estimate of drug-likeness (QED) is 0.731. The number of halogens is 3. The lowest BCUT2D eigenvalue weighted by Crippen LogP contribution is -2.19. The van der Waals surface area contributed by atoms with Gasteiger partial charge in [0.25, 0.3) is 0 Å². The summed E-state index contributed by atoms with van der Waals surface area (Å²) in [7, 11) is 0. The number of alkyl halides is 3. The van der Waals surface area contributed by atoms with Gasteiger partial charge in [0.05, 0.1) is 0 Å². The monoisotopic (exact) mass is 179 g/mol. The molecule has 1 aromatic heterocycles. The second kappa shape index (κ2) is 3.14. The molecule has 1 heterocycles. The summed E-state index contributed by atoms with van der Waals surface area (Å²) in [5.74, 6) is 0. The van der Waals surface area contributed by atoms with Crippen molar-refractivity contribution in [1.82, 2.24) is 9.55 Å². The van der Waals surface area contributed by atoms with Gasteiger partial charge in [-0.05, 0) is 6.54 Å². The van der Waals surface area contributed by atoms with Gasteiger partial charge in [-0.3, -0.25) is 0 Å². The van der Waals surface area contributed by atoms with E-state index in [2.05, 4.69) is 4.98 Å². The van der Waals surface area contributed by atoms with Gasteiger partial charge in [0.1, 0.15) is 6.33 Å². The zero-order chi connectivity index (χ0) is 9.19. The third-order valence-corrected chi connectivity index (χ3v) is 1.39. The fourth-order valence-electron chi connectivity index (χ4n) is 0.884. The molecule has 0 spiro atoms. The van der Waals surface area contributed by atoms with Crippen LogP contribution in [-0.2, 0) is 12.7 Å². The molecular formula is C6H8F3N3. The number of rotatable bonds is 2. The van der Waals surface area contributed by atoms with Crippen LogP contribution >= 0.6 is 0 Å². The maximum Gasteiger partial charge on any atom is 0.489 e. The van der Waals surface area contributed by atoms with Gasteiger partial charge in [-0.15, -0.1) is 13.2 Å². The fourth-order valence-corrected chi connectivity index (χ4v) is 0.884. The topological polar surface area (TPSA) is 43.8 Å². The molecular weight excluding hydrogens is 171 g/mol. The van der Waals surface area contributed by atoms with E-state index in [1.807, 2.05) is 0 Å². The Labute approximate surface area is 67.0 Å². The van der Waals surface area contributed by atoms with E-state index in [1.54, 1.807) is 0 Å². The molecule has 0 saturated heterocycles. The van der Waals surface area contributed by atoms with Gasteiger partial charge >= 0.3 is 6.30 Å². The summed E-state index contributed by atoms with van der Waals surface area (Å²) >= 11 is 0. The molecule has 6 heteroatoms. The molecule has 0 aromatic carbocycles. The molecule has 3 nitrogen and oxygen atoms in total. The molecule has 12 heavy (non-hydrogen) atoms. The van der Waals surface area contributed by atoms with Gasteiger partial charge in [0.15, 0.2) is 0 Å². The molecule has 0 unspecified atom stereocenters. The minimum absolute atomic E-state index is 0.0880. The number of imidazole rings is 1. The Bertz CT molecular complexity index is 253. The molecule has 0 amide bonds. The third-order valence-electron chi connectivity index (χ3n) is 1.39. The molecule has 68 valence electrons. The Morgan fingerprint density at radius 1 is 1.50 bits per heavy atom. The zero-order valence-electron chi connectivity index (χ0n) is 6.17. The van der Waals surface area contributed by atoms with Gasteiger partial charge in [0, 0.05) is 18.3 Å². The van der Waals surface area contributed by atoms with Crippen molar-refractivity contribution in [2.24, 2.45) is 5.73 Å². The second-order valence-electron chi connectivity index (χ2n) is 2.26. The van der Waals surface area contributed by atoms with Crippen LogP contribution in [0.5, 0.6) is 0 Å². The first-order valence-electron chi connectivity index (χ1n) is 3.34. The lowest BCUT2D eigenvalue weighted by atomic mass is 10.3. The summed E-state index contributed by atoms with van der Waals surface area (Å²) in [4.78, 5) is 3.39. The summed E-state index contributed by atoms with van der Waals surface area (Å²) in [5, 5.41) is 0. The van der Waals surface area contributed by atoms with Gasteiger partial charge in [-0.25, -0.2) is 9.55 Å². The molecule has 0 aliphatic carbocycles. The van der Waals surface area contributed by atoms with Crippen molar-refractivity contribution in [1.29, 1.82) is 0 Å². The van der Waals surface area contributed by atoms with E-state index in [1.165, 1.54) is 6.20 Å². The van der Waals surface area contributed by atoms with Crippen LogP contribution < -0.4 is 5.73 Å². The van der Waals surface area contributed by atoms with Crippen molar-refractivity contribution in [3.8, 4) is 0 Å². The highest BCUT2D eigenvalue weighted by Crippen LogP contribution is 2.23. The van der Waals surface area contributed by atoms with E-state index in [-0.39, 0.29) is 23.2 Å². The summed E-state index contributed by atoms with van der Waals surface area (Å²) in [5.41, 5.74) is 5.21. The first kappa shape index (κ1) is 9.05. The molecule has 0 saturated carbocycles. The number of aromatic nitrogens is 2. The van der Waals surface area contributed by atoms with Crippen LogP contribution in [0.25, 0.3) is 0 Å².